The van der Waals surface area contributed by atoms with Gasteiger partial charge in [0.05, 0.1) is 6.85 Å². The van der Waals surface area contributed by atoms with Crippen LogP contribution in [0.15, 0.2) is 236 Å². The Morgan fingerprint density at radius 3 is 0.773 bits per heavy atom. The van der Waals surface area contributed by atoms with Crippen LogP contribution >= 0.6 is 0 Å². The van der Waals surface area contributed by atoms with Gasteiger partial charge in [0.15, 0.2) is 0 Å². The van der Waals surface area contributed by atoms with Crippen LogP contribution < -0.4 is 0 Å². The zero-order chi connectivity index (χ0) is 106. The van der Waals surface area contributed by atoms with E-state index in [0.29, 0.717) is 33.7 Å². The van der Waals surface area contributed by atoms with Crippen molar-refractivity contribution >= 4 is 0 Å². The maximum atomic E-state index is 8.50. The Labute approximate surface area is 821 Å². The average Bonchev–Trinajstić information content (AvgIpc) is 0.723. The molecule has 10 aromatic rings. The molecule has 0 fully saturated rings. The van der Waals surface area contributed by atoms with E-state index >= 15 is 0 Å². The topological polar surface area (TPSA) is 0 Å². The molecule has 0 unspecified atom stereocenters. The minimum atomic E-state index is -1.48. The Balaban J connectivity index is -0.000000506. The summed E-state index contributed by atoms with van der Waals surface area (Å²) in [5, 5.41) is 0. The molecule has 0 saturated carbocycles. The van der Waals surface area contributed by atoms with Gasteiger partial charge in [-0.25, -0.2) is 0 Å². The number of hydrogen-bond acceptors (Lipinski definition) is 0. The summed E-state index contributed by atoms with van der Waals surface area (Å²) in [4.78, 5) is 0. The molecule has 0 aliphatic rings. The summed E-state index contributed by atoms with van der Waals surface area (Å²) in [5.74, 6) is -0.786. The molecule has 10 rings (SSSR count). The third kappa shape index (κ3) is 41.8. The lowest BCUT2D eigenvalue weighted by molar-refractivity contribution is 0.521. The first-order chi connectivity index (χ1) is 61.1. The molecule has 0 heteroatoms. The van der Waals surface area contributed by atoms with E-state index < -0.39 is 37.3 Å². The first kappa shape index (κ1) is 101. The Kier molecular flexibility index (Phi) is 43.7. The lowest BCUT2D eigenvalue weighted by Crippen LogP contribution is -2.24. The van der Waals surface area contributed by atoms with Gasteiger partial charge >= 0.3 is 0 Å². The predicted molar refractivity (Wildman–Crippen MR) is 595 cm³/mol. The fourth-order valence-corrected chi connectivity index (χ4v) is 15.2. The van der Waals surface area contributed by atoms with Crippen LogP contribution in [0.2, 0.25) is 0 Å². The molecule has 0 amide bonds. The van der Waals surface area contributed by atoms with Crippen molar-refractivity contribution in [3.63, 3.8) is 0 Å². The first-order valence-electron chi connectivity index (χ1n) is 52.1. The molecule has 0 aromatic heterocycles. The molecule has 0 saturated heterocycles. The van der Waals surface area contributed by atoms with E-state index in [9.17, 15) is 0 Å². The highest BCUT2D eigenvalue weighted by molar-refractivity contribution is 5.70. The van der Waals surface area contributed by atoms with Crippen LogP contribution in [0.4, 0.5) is 0 Å². The van der Waals surface area contributed by atoms with Gasteiger partial charge in [-0.2, -0.15) is 0 Å². The highest BCUT2D eigenvalue weighted by Crippen LogP contribution is 2.42. The normalized spacial score (nSPS) is 13.9. The van der Waals surface area contributed by atoms with Gasteiger partial charge in [0.25, 0.3) is 0 Å². The number of benzene rings is 10. The van der Waals surface area contributed by atoms with Crippen molar-refractivity contribution in [2.75, 3.05) is 0 Å². The molecule has 128 heavy (non-hydrogen) atoms. The summed E-state index contributed by atoms with van der Waals surface area (Å²) < 4.78 is 122. The standard InChI is InChI=1S/C18H30.C17H28.2C16H18.2C14H22.2C13H20.7CH4/c1-13(2)11-15-9-8-10-16(12-14(3)4)17(15)18(5,6)7;1-12(2)13-10-9-11-14(16(3,4)5)15(13)17(6,7)8;2*1-16(2,3)15-12-8-7-11-14(15)13-9-5-4-6-10-13;1-13(2,3)11-9-7-8-10-12(11)14(4,5)6;1-6-11-9-8-10-12(7-2)13(11)14(3,4)5;2*1-10(2)11-8-6-7-9-12(11)13(3,4)5;;;;;;;/h8-10,13-14H,11-12H2,1-7H3;9-12H,1-8H3;2*4-12H,1-3H3;7-10H,1-6H3;8-10H,6-7H2,1-5H3;2*6-10H,1-5H3;7*1H4/i11D2,12D2;12D;4D,5D,6D,9D,10D;;;6D2,7D2;10D;;;;;;;;. The van der Waals surface area contributed by atoms with Crippen LogP contribution in [0.3, 0.4) is 0 Å². The second-order valence-electron chi connectivity index (χ2n) is 44.1. The second kappa shape index (κ2) is 55.5. The third-order valence-corrected chi connectivity index (χ3v) is 20.7. The Bertz CT molecular complexity index is 5110. The zero-order valence-electron chi connectivity index (χ0n) is 99.4. The Hall–Kier alpha value is -7.80. The van der Waals surface area contributed by atoms with Crippen LogP contribution in [0.5, 0.6) is 0 Å². The van der Waals surface area contributed by atoms with Crippen LogP contribution in [0.25, 0.3) is 22.3 Å². The smallest absolute Gasteiger partial charge is 0.0629 e. The predicted octanol–water partition coefficient (Wildman–Crippen LogP) is 41.1. The van der Waals surface area contributed by atoms with E-state index in [-0.39, 0.29) is 154 Å². The average molecular weight is 1760 g/mol. The van der Waals surface area contributed by atoms with Crippen molar-refractivity contribution < 1.29 is 20.6 Å². The van der Waals surface area contributed by atoms with Gasteiger partial charge in [0.2, 0.25) is 0 Å². The molecule has 0 nitrogen and oxygen atoms in total. The molecule has 0 radical (unpaired) electrons. The van der Waals surface area contributed by atoms with Crippen LogP contribution in [0.1, 0.15) is 476 Å². The van der Waals surface area contributed by atoms with E-state index in [1.165, 1.54) is 69.5 Å². The summed E-state index contributed by atoms with van der Waals surface area (Å²) in [6.45, 7) is 88.4. The van der Waals surface area contributed by atoms with Gasteiger partial charge in [-0.3, -0.25) is 0 Å². The largest absolute Gasteiger partial charge is 0.0776 e. The minimum absolute atomic E-state index is 0. The Morgan fingerprint density at radius 2 is 0.484 bits per heavy atom. The molecule has 0 bridgehead atoms. The van der Waals surface area contributed by atoms with Gasteiger partial charge in [-0.1, -0.05) is 579 Å². The van der Waals surface area contributed by atoms with E-state index in [4.69, 9.17) is 20.6 Å². The van der Waals surface area contributed by atoms with Crippen molar-refractivity contribution in [2.45, 2.75) is 440 Å². The number of hydrogen-bond donors (Lipinski definition) is 0. The van der Waals surface area contributed by atoms with Crippen molar-refractivity contribution in [3.8, 4) is 22.3 Å². The molecular weight excluding hydrogens is 1540 g/mol. The zero-order valence-corrected chi connectivity index (χ0v) is 84.4. The van der Waals surface area contributed by atoms with E-state index in [1.807, 2.05) is 160 Å². The number of aryl methyl sites for hydroxylation is 2. The summed E-state index contributed by atoms with van der Waals surface area (Å²) in [5.41, 5.74) is 22.6. The van der Waals surface area contributed by atoms with Crippen LogP contribution in [0, 0.1) is 11.8 Å². The van der Waals surface area contributed by atoms with Gasteiger partial charge in [0.1, 0.15) is 0 Å². The summed E-state index contributed by atoms with van der Waals surface area (Å²) in [6.07, 6.45) is -5.90. The quantitative estimate of drug-likeness (QED) is 0.121. The molecule has 0 aliphatic carbocycles. The molecule has 0 spiro atoms. The monoisotopic (exact) mass is 1760 g/mol. The summed E-state index contributed by atoms with van der Waals surface area (Å²) >= 11 is 0. The van der Waals surface area contributed by atoms with Gasteiger partial charge in [0, 0.05) is 13.7 Å². The molecule has 0 aliphatic heterocycles. The van der Waals surface area contributed by atoms with Crippen molar-refractivity contribution in [1.29, 1.82) is 0 Å². The molecular formula is C128H206. The lowest BCUT2D eigenvalue weighted by atomic mass is 9.71. The highest BCUT2D eigenvalue weighted by atomic mass is 14.3. The summed E-state index contributed by atoms with van der Waals surface area (Å²) in [6, 6.07) is 68.4. The maximum absolute atomic E-state index is 8.50. The molecule has 0 atom stereocenters. The van der Waals surface area contributed by atoms with E-state index in [2.05, 4.69) is 299 Å². The molecule has 718 valence electrons. The van der Waals surface area contributed by atoms with Gasteiger partial charge < -0.3 is 0 Å². The van der Waals surface area contributed by atoms with Crippen LogP contribution in [-0.4, -0.2) is 0 Å². The van der Waals surface area contributed by atoms with Gasteiger partial charge in [-0.15, -0.1) is 0 Å². The summed E-state index contributed by atoms with van der Waals surface area (Å²) in [7, 11) is 0. The number of rotatable bonds is 11. The van der Waals surface area contributed by atoms with Crippen molar-refractivity contribution in [2.24, 2.45) is 11.8 Å². The lowest BCUT2D eigenvalue weighted by Gasteiger charge is -2.33. The second-order valence-corrected chi connectivity index (χ2v) is 44.1. The van der Waals surface area contributed by atoms with Crippen molar-refractivity contribution in [3.05, 3.63) is 331 Å². The molecule has 0 heterocycles. The Morgan fingerprint density at radius 1 is 0.234 bits per heavy atom. The fourth-order valence-electron chi connectivity index (χ4n) is 15.2. The SMILES string of the molecule is C.C.C.C.C.C.C.CC(C)(C)c1ccccc1-c1ccccc1.CC(C)(C)c1ccccc1C(C)(C)C.CC(C)c1ccccc1C(C)(C)C.[2H]C(C)(C)c1cccc(C(C)(C)C)c1C(C)(C)C.[2H]C(C)(C)c1ccccc1C(C)(C)C.[2H]C([2H])(C)c1cccc(C([2H])([2H])C)c1C(C)(C)C.[2H]C([2H])(c1cccc(C([2H])([2H])C(C)C)c1C(C)(C)C)C(C)C.[2H]c1c([2H])c([2H])c(-c2ccccc2C(C)(C)C)c([2H])c1[2H]. The van der Waals surface area contributed by atoms with Crippen LogP contribution in [-0.2, 0) is 79.6 Å². The fraction of sp³-hybridized carbons (Fsp3) is 0.531. The van der Waals surface area contributed by atoms with E-state index in [0.717, 1.165) is 27.8 Å². The molecule has 10 aromatic carbocycles. The highest BCUT2D eigenvalue weighted by Gasteiger charge is 2.30. The maximum Gasteiger partial charge on any atom is 0.0629 e. The first-order valence-corrected chi connectivity index (χ1v) is 44.6. The van der Waals surface area contributed by atoms with Crippen molar-refractivity contribution in [1.82, 2.24) is 0 Å². The third-order valence-electron chi connectivity index (χ3n) is 20.7. The van der Waals surface area contributed by atoms with Gasteiger partial charge in [-0.05, 0) is 226 Å². The van der Waals surface area contributed by atoms with E-state index in [1.54, 1.807) is 24.3 Å². The minimum Gasteiger partial charge on any atom is -0.0776 e. The molecule has 0 N–H and O–H groups in total.